The zero-order valence-electron chi connectivity index (χ0n) is 13.0. The highest BCUT2D eigenvalue weighted by Gasteiger charge is 2.20. The van der Waals surface area contributed by atoms with Gasteiger partial charge in [-0.15, -0.1) is 0 Å². The molecular weight excluding hydrogens is 346 g/mol. The predicted octanol–water partition coefficient (Wildman–Crippen LogP) is 2.28. The van der Waals surface area contributed by atoms with Gasteiger partial charge >= 0.3 is 0 Å². The quantitative estimate of drug-likeness (QED) is 0.551. The normalized spacial score (nSPS) is 11.2. The Bertz CT molecular complexity index is 1010. The number of hydrogen-bond donors (Lipinski definition) is 1. The average Bonchev–Trinajstić information content (AvgIpc) is 3.09. The van der Waals surface area contributed by atoms with Crippen molar-refractivity contribution < 1.29 is 13.3 Å². The van der Waals surface area contributed by atoms with Crippen LogP contribution in [-0.4, -0.2) is 28.1 Å². The summed E-state index contributed by atoms with van der Waals surface area (Å²) in [4.78, 5) is 14.2. The van der Waals surface area contributed by atoms with Crippen molar-refractivity contribution in [2.75, 3.05) is 4.72 Å². The van der Waals surface area contributed by atoms with Crippen LogP contribution in [0.1, 0.15) is 5.56 Å². The first-order chi connectivity index (χ1) is 11.9. The molecule has 0 unspecified atom stereocenters. The molecule has 0 spiro atoms. The Morgan fingerprint density at radius 3 is 2.64 bits per heavy atom. The Morgan fingerprint density at radius 1 is 1.24 bits per heavy atom. The number of nitrogens with zero attached hydrogens (tertiary/aromatic N) is 4. The summed E-state index contributed by atoms with van der Waals surface area (Å²) in [7, 11) is -3.98. The number of pyridine rings is 1. The number of aryl methyl sites for hydroxylation is 1. The van der Waals surface area contributed by atoms with Gasteiger partial charge in [-0.25, -0.2) is 18.1 Å². The third kappa shape index (κ3) is 3.48. The van der Waals surface area contributed by atoms with E-state index in [1.54, 1.807) is 31.5 Å². The molecule has 0 saturated carbocycles. The van der Waals surface area contributed by atoms with Gasteiger partial charge in [0.1, 0.15) is 0 Å². The van der Waals surface area contributed by atoms with Gasteiger partial charge in [-0.3, -0.25) is 14.8 Å². The highest BCUT2D eigenvalue weighted by atomic mass is 32.2. The number of aromatic nitrogens is 3. The number of nitrogens with one attached hydrogen (secondary N) is 1. The van der Waals surface area contributed by atoms with E-state index in [1.165, 1.54) is 29.1 Å². The third-order valence-electron chi connectivity index (χ3n) is 3.41. The largest absolute Gasteiger partial charge is 0.278 e. The van der Waals surface area contributed by atoms with Crippen LogP contribution in [-0.2, 0) is 10.0 Å². The van der Waals surface area contributed by atoms with E-state index in [0.29, 0.717) is 11.4 Å². The number of nitro groups is 1. The zero-order chi connectivity index (χ0) is 18.0. The lowest BCUT2D eigenvalue weighted by Crippen LogP contribution is -2.15. The van der Waals surface area contributed by atoms with Crippen molar-refractivity contribution in [1.29, 1.82) is 0 Å². The molecule has 1 aromatic carbocycles. The number of hydrogen-bond acceptors (Lipinski definition) is 6. The molecule has 0 aliphatic rings. The van der Waals surface area contributed by atoms with Gasteiger partial charge in [-0.05, 0) is 30.7 Å². The van der Waals surface area contributed by atoms with Gasteiger partial charge in [0.15, 0.2) is 5.82 Å². The van der Waals surface area contributed by atoms with E-state index in [0.717, 1.165) is 6.07 Å². The molecule has 0 fully saturated rings. The number of sulfonamides is 1. The zero-order valence-corrected chi connectivity index (χ0v) is 13.8. The van der Waals surface area contributed by atoms with Crippen LogP contribution in [0, 0.1) is 17.0 Å². The predicted molar refractivity (Wildman–Crippen MR) is 90.0 cm³/mol. The maximum Gasteiger partial charge on any atom is 0.270 e. The van der Waals surface area contributed by atoms with Gasteiger partial charge in [0.05, 0.1) is 21.7 Å². The molecule has 0 atom stereocenters. The highest BCUT2D eigenvalue weighted by Crippen LogP contribution is 2.24. The van der Waals surface area contributed by atoms with Crippen LogP contribution < -0.4 is 4.72 Å². The van der Waals surface area contributed by atoms with Gasteiger partial charge < -0.3 is 0 Å². The number of rotatable bonds is 5. The van der Waals surface area contributed by atoms with Gasteiger partial charge in [0.25, 0.3) is 15.7 Å². The maximum absolute atomic E-state index is 12.5. The summed E-state index contributed by atoms with van der Waals surface area (Å²) in [6.45, 7) is 1.57. The molecular formula is C15H13N5O4S. The molecule has 2 aromatic heterocycles. The molecule has 0 aliphatic heterocycles. The Balaban J connectivity index is 1.89. The second-order valence-corrected chi connectivity index (χ2v) is 6.82. The van der Waals surface area contributed by atoms with Crippen LogP contribution in [0.5, 0.6) is 0 Å². The summed E-state index contributed by atoms with van der Waals surface area (Å²) in [5.74, 6) is 0.527. The molecule has 25 heavy (non-hydrogen) atoms. The van der Waals surface area contributed by atoms with Crippen LogP contribution in [0.15, 0.2) is 59.9 Å². The Morgan fingerprint density at radius 2 is 2.04 bits per heavy atom. The molecule has 0 radical (unpaired) electrons. The summed E-state index contributed by atoms with van der Waals surface area (Å²) >= 11 is 0. The molecule has 128 valence electrons. The Hall–Kier alpha value is -3.27. The van der Waals surface area contributed by atoms with Gasteiger partial charge in [0, 0.05) is 24.5 Å². The van der Waals surface area contributed by atoms with E-state index in [-0.39, 0.29) is 16.3 Å². The van der Waals surface area contributed by atoms with Crippen molar-refractivity contribution in [2.24, 2.45) is 0 Å². The second-order valence-electron chi connectivity index (χ2n) is 5.17. The van der Waals surface area contributed by atoms with E-state index in [4.69, 9.17) is 0 Å². The molecule has 0 amide bonds. The fourth-order valence-corrected chi connectivity index (χ4v) is 3.50. The number of nitro benzene ring substituents is 1. The minimum atomic E-state index is -3.98. The summed E-state index contributed by atoms with van der Waals surface area (Å²) in [6, 6.07) is 8.56. The van der Waals surface area contributed by atoms with Crippen molar-refractivity contribution in [1.82, 2.24) is 14.8 Å². The summed E-state index contributed by atoms with van der Waals surface area (Å²) in [5.41, 5.74) is 0.346. The maximum atomic E-state index is 12.5. The standard InChI is InChI=1S/C15H13N5O4S/c1-11-3-5-13(20(21)22)9-14(11)25(23,24)18-12-4-6-15(16-10-12)19-8-2-7-17-19/h2-10,18H,1H3. The summed E-state index contributed by atoms with van der Waals surface area (Å²) in [6.07, 6.45) is 4.66. The SMILES string of the molecule is Cc1ccc([N+](=O)[O-])cc1S(=O)(=O)Nc1ccc(-n2cccn2)nc1. The first-order valence-corrected chi connectivity index (χ1v) is 8.59. The van der Waals surface area contributed by atoms with Crippen LogP contribution in [0.2, 0.25) is 0 Å². The molecule has 10 heteroatoms. The molecule has 9 nitrogen and oxygen atoms in total. The fraction of sp³-hybridized carbons (Fsp3) is 0.0667. The van der Waals surface area contributed by atoms with E-state index in [9.17, 15) is 18.5 Å². The lowest BCUT2D eigenvalue weighted by atomic mass is 10.2. The van der Waals surface area contributed by atoms with Crippen LogP contribution >= 0.6 is 0 Å². The summed E-state index contributed by atoms with van der Waals surface area (Å²) in [5, 5.41) is 14.9. The van der Waals surface area contributed by atoms with Crippen molar-refractivity contribution in [3.05, 3.63) is 70.7 Å². The number of non-ortho nitro benzene ring substituents is 1. The fourth-order valence-electron chi connectivity index (χ4n) is 2.19. The van der Waals surface area contributed by atoms with E-state index < -0.39 is 14.9 Å². The van der Waals surface area contributed by atoms with Crippen molar-refractivity contribution in [3.63, 3.8) is 0 Å². The Kier molecular flexibility index (Phi) is 4.19. The van der Waals surface area contributed by atoms with Crippen molar-refractivity contribution >= 4 is 21.4 Å². The highest BCUT2D eigenvalue weighted by molar-refractivity contribution is 7.92. The molecule has 3 aromatic rings. The topological polar surface area (TPSA) is 120 Å². The number of benzene rings is 1. The van der Waals surface area contributed by atoms with E-state index >= 15 is 0 Å². The third-order valence-corrected chi connectivity index (χ3v) is 4.93. The molecule has 0 aliphatic carbocycles. The lowest BCUT2D eigenvalue weighted by molar-refractivity contribution is -0.385. The average molecular weight is 359 g/mol. The molecule has 2 heterocycles. The van der Waals surface area contributed by atoms with Gasteiger partial charge in [-0.2, -0.15) is 5.10 Å². The minimum absolute atomic E-state index is 0.155. The lowest BCUT2D eigenvalue weighted by Gasteiger charge is -2.10. The van der Waals surface area contributed by atoms with Crippen molar-refractivity contribution in [3.8, 4) is 5.82 Å². The molecule has 0 saturated heterocycles. The van der Waals surface area contributed by atoms with Crippen LogP contribution in [0.3, 0.4) is 0 Å². The van der Waals surface area contributed by atoms with Gasteiger partial charge in [0.2, 0.25) is 0 Å². The minimum Gasteiger partial charge on any atom is -0.278 e. The molecule has 3 rings (SSSR count). The van der Waals surface area contributed by atoms with Crippen molar-refractivity contribution in [2.45, 2.75) is 11.8 Å². The molecule has 0 bridgehead atoms. The van der Waals surface area contributed by atoms with Crippen LogP contribution in [0.25, 0.3) is 5.82 Å². The van der Waals surface area contributed by atoms with E-state index in [1.807, 2.05) is 0 Å². The first kappa shape index (κ1) is 16.6. The smallest absolute Gasteiger partial charge is 0.270 e. The van der Waals surface area contributed by atoms with Gasteiger partial charge in [-0.1, -0.05) is 6.07 Å². The first-order valence-electron chi connectivity index (χ1n) is 7.11. The van der Waals surface area contributed by atoms with Crippen LogP contribution in [0.4, 0.5) is 11.4 Å². The monoisotopic (exact) mass is 359 g/mol. The molecule has 1 N–H and O–H groups in total. The summed E-state index contributed by atoms with van der Waals surface area (Å²) < 4.78 is 29.0. The van der Waals surface area contributed by atoms with E-state index in [2.05, 4.69) is 14.8 Å². The number of anilines is 1. The Labute approximate surface area is 143 Å². The second kappa shape index (κ2) is 6.32.